The number of amidine groups is 2. The van der Waals surface area contributed by atoms with Crippen molar-refractivity contribution in [3.63, 3.8) is 0 Å². The van der Waals surface area contributed by atoms with Gasteiger partial charge in [0, 0.05) is 11.1 Å². The first-order valence-corrected chi connectivity index (χ1v) is 9.13. The van der Waals surface area contributed by atoms with E-state index in [2.05, 4.69) is 21.1 Å². The summed E-state index contributed by atoms with van der Waals surface area (Å²) in [5.41, 5.74) is 5.52. The first-order valence-electron chi connectivity index (χ1n) is 9.13. The summed E-state index contributed by atoms with van der Waals surface area (Å²) in [6, 6.07) is 9.92. The molecule has 0 heterocycles. The fourth-order valence-corrected chi connectivity index (χ4v) is 2.28. The van der Waals surface area contributed by atoms with Crippen LogP contribution < -0.4 is 20.3 Å². The molecule has 10 nitrogen and oxygen atoms in total. The number of phenolic OH excluding ortho intramolecular Hbond substituents is 2. The van der Waals surface area contributed by atoms with Crippen molar-refractivity contribution < 1.29 is 19.7 Å². The van der Waals surface area contributed by atoms with Crippen molar-refractivity contribution in [3.8, 4) is 23.0 Å². The van der Waals surface area contributed by atoms with E-state index in [4.69, 9.17) is 20.3 Å². The molecule has 0 atom stereocenters. The molecule has 0 aliphatic heterocycles. The predicted octanol–water partition coefficient (Wildman–Crippen LogP) is 2.40. The van der Waals surface area contributed by atoms with Gasteiger partial charge >= 0.3 is 0 Å². The Kier molecular flexibility index (Phi) is 8.18. The van der Waals surface area contributed by atoms with Crippen LogP contribution in [0.1, 0.15) is 25.0 Å². The fraction of sp³-hybridized carbons (Fsp3) is 0.200. The normalized spacial score (nSPS) is 10.9. The first kappa shape index (κ1) is 22.2. The summed E-state index contributed by atoms with van der Waals surface area (Å²) in [5, 5.41) is 43.4. The van der Waals surface area contributed by atoms with E-state index in [1.165, 1.54) is 12.4 Å². The summed E-state index contributed by atoms with van der Waals surface area (Å²) < 4.78 is 10.6. The third-order valence-electron chi connectivity index (χ3n) is 3.67. The average Bonchev–Trinajstić information content (AvgIpc) is 2.73. The molecule has 10 heteroatoms. The molecule has 0 spiro atoms. The molecule has 0 aromatic heterocycles. The molecule has 0 radical (unpaired) electrons. The van der Waals surface area contributed by atoms with Gasteiger partial charge in [-0.2, -0.15) is 10.2 Å². The summed E-state index contributed by atoms with van der Waals surface area (Å²) in [6.07, 6.45) is 2.61. The zero-order chi connectivity index (χ0) is 21.9. The third-order valence-corrected chi connectivity index (χ3v) is 3.67. The second-order valence-corrected chi connectivity index (χ2v) is 5.74. The molecular formula is C20H24N6O4. The van der Waals surface area contributed by atoms with E-state index in [0.29, 0.717) is 35.8 Å². The van der Waals surface area contributed by atoms with E-state index in [-0.39, 0.29) is 23.2 Å². The fourth-order valence-electron chi connectivity index (χ4n) is 2.28. The molecule has 0 unspecified atom stereocenters. The Hall–Kier alpha value is -4.08. The maximum absolute atomic E-state index is 10.1. The largest absolute Gasteiger partial charge is 0.504 e. The van der Waals surface area contributed by atoms with Crippen LogP contribution in [0.3, 0.4) is 0 Å². The molecule has 0 saturated heterocycles. The van der Waals surface area contributed by atoms with Crippen LogP contribution in [0.25, 0.3) is 0 Å². The van der Waals surface area contributed by atoms with Gasteiger partial charge in [0.15, 0.2) is 34.7 Å². The Bertz CT molecular complexity index is 881. The Labute approximate surface area is 173 Å². The van der Waals surface area contributed by atoms with E-state index < -0.39 is 0 Å². The monoisotopic (exact) mass is 412 g/mol. The number of aromatic hydroxyl groups is 2. The lowest BCUT2D eigenvalue weighted by Crippen LogP contribution is -2.34. The minimum atomic E-state index is -0.351. The van der Waals surface area contributed by atoms with Gasteiger partial charge in [-0.25, -0.2) is 0 Å². The molecule has 2 rings (SSSR count). The van der Waals surface area contributed by atoms with Crippen molar-refractivity contribution in [1.29, 1.82) is 10.8 Å². The van der Waals surface area contributed by atoms with Crippen molar-refractivity contribution in [3.05, 3.63) is 47.5 Å². The Morgan fingerprint density at radius 1 is 0.833 bits per heavy atom. The summed E-state index contributed by atoms with van der Waals surface area (Å²) in [6.45, 7) is 4.44. The Morgan fingerprint density at radius 3 is 1.60 bits per heavy atom. The van der Waals surface area contributed by atoms with E-state index >= 15 is 0 Å². The number of hydrogen-bond donors (Lipinski definition) is 6. The Morgan fingerprint density at radius 2 is 1.23 bits per heavy atom. The zero-order valence-corrected chi connectivity index (χ0v) is 16.6. The lowest BCUT2D eigenvalue weighted by Gasteiger charge is -2.08. The van der Waals surface area contributed by atoms with Crippen LogP contribution in [-0.2, 0) is 0 Å². The highest BCUT2D eigenvalue weighted by atomic mass is 16.5. The van der Waals surface area contributed by atoms with Crippen molar-refractivity contribution in [2.24, 2.45) is 10.2 Å². The molecule has 6 N–H and O–H groups in total. The van der Waals surface area contributed by atoms with Crippen LogP contribution in [0.15, 0.2) is 46.6 Å². The molecule has 2 aromatic carbocycles. The molecule has 0 aliphatic rings. The van der Waals surface area contributed by atoms with Crippen molar-refractivity contribution in [1.82, 2.24) is 10.9 Å². The number of hydrogen-bond acceptors (Lipinski definition) is 8. The lowest BCUT2D eigenvalue weighted by atomic mass is 10.2. The van der Waals surface area contributed by atoms with Crippen molar-refractivity contribution >= 4 is 24.1 Å². The number of para-hydroxylation sites is 2. The van der Waals surface area contributed by atoms with Crippen LogP contribution in [-0.4, -0.2) is 47.5 Å². The summed E-state index contributed by atoms with van der Waals surface area (Å²) >= 11 is 0. The maximum Gasteiger partial charge on any atom is 0.183 e. The van der Waals surface area contributed by atoms with Crippen molar-refractivity contribution in [2.75, 3.05) is 13.2 Å². The van der Waals surface area contributed by atoms with Gasteiger partial charge in [0.1, 0.15) is 0 Å². The average molecular weight is 412 g/mol. The molecule has 158 valence electrons. The molecular weight excluding hydrogens is 388 g/mol. The van der Waals surface area contributed by atoms with Crippen LogP contribution >= 0.6 is 0 Å². The molecule has 0 saturated carbocycles. The quantitative estimate of drug-likeness (QED) is 0.222. The highest BCUT2D eigenvalue weighted by molar-refractivity contribution is 6.37. The van der Waals surface area contributed by atoms with Crippen molar-refractivity contribution in [2.45, 2.75) is 13.8 Å². The highest BCUT2D eigenvalue weighted by Crippen LogP contribution is 2.29. The first-order chi connectivity index (χ1) is 14.5. The molecule has 0 bridgehead atoms. The second kappa shape index (κ2) is 11.1. The van der Waals surface area contributed by atoms with Gasteiger partial charge in [0.05, 0.1) is 25.6 Å². The minimum absolute atomic E-state index is 0.0664. The van der Waals surface area contributed by atoms with Gasteiger partial charge in [-0.15, -0.1) is 0 Å². The van der Waals surface area contributed by atoms with Gasteiger partial charge in [-0.1, -0.05) is 12.1 Å². The van der Waals surface area contributed by atoms with E-state index in [0.717, 1.165) is 0 Å². The maximum atomic E-state index is 10.1. The lowest BCUT2D eigenvalue weighted by molar-refractivity contribution is 0.318. The van der Waals surface area contributed by atoms with Crippen LogP contribution in [0.2, 0.25) is 0 Å². The van der Waals surface area contributed by atoms with Crippen LogP contribution in [0.5, 0.6) is 23.0 Å². The number of ether oxygens (including phenoxy) is 2. The zero-order valence-electron chi connectivity index (χ0n) is 16.6. The smallest absolute Gasteiger partial charge is 0.183 e. The third kappa shape index (κ3) is 5.96. The summed E-state index contributed by atoms with van der Waals surface area (Å²) in [7, 11) is 0. The highest BCUT2D eigenvalue weighted by Gasteiger charge is 2.08. The predicted molar refractivity (Wildman–Crippen MR) is 115 cm³/mol. The second-order valence-electron chi connectivity index (χ2n) is 5.74. The van der Waals surface area contributed by atoms with E-state index in [9.17, 15) is 10.2 Å². The number of hydrazone groups is 2. The summed E-state index contributed by atoms with van der Waals surface area (Å²) in [5.74, 6) is -0.173. The van der Waals surface area contributed by atoms with E-state index in [1.54, 1.807) is 50.2 Å². The summed E-state index contributed by atoms with van der Waals surface area (Å²) in [4.78, 5) is 0. The van der Waals surface area contributed by atoms with Gasteiger partial charge in [-0.3, -0.25) is 21.7 Å². The van der Waals surface area contributed by atoms with E-state index in [1.807, 2.05) is 0 Å². The molecule has 2 aromatic rings. The van der Waals surface area contributed by atoms with Gasteiger partial charge in [-0.05, 0) is 38.1 Å². The number of phenols is 2. The number of nitrogens with one attached hydrogen (secondary N) is 4. The molecule has 0 fully saturated rings. The molecule has 0 aliphatic carbocycles. The van der Waals surface area contributed by atoms with Crippen LogP contribution in [0, 0.1) is 10.8 Å². The van der Waals surface area contributed by atoms with Gasteiger partial charge < -0.3 is 19.7 Å². The molecule has 0 amide bonds. The number of rotatable bonds is 8. The van der Waals surface area contributed by atoms with Crippen LogP contribution in [0.4, 0.5) is 0 Å². The standard InChI is InChI=1S/C20H24N6O4/c1-3-29-15-9-5-7-13(17(15)27)11-23-25-19(21)20(22)26-24-12-14-8-6-10-16(18(14)28)30-4-2/h5-12,27-28H,3-4H2,1-2H3,(H2,21,25)(H2,22,26)/b23-11+,24-12+. The van der Waals surface area contributed by atoms with Gasteiger partial charge in [0.25, 0.3) is 0 Å². The number of nitrogens with zero attached hydrogens (tertiary/aromatic N) is 2. The number of benzene rings is 2. The minimum Gasteiger partial charge on any atom is -0.504 e. The topological polar surface area (TPSA) is 155 Å². The Balaban J connectivity index is 1.92. The van der Waals surface area contributed by atoms with Gasteiger partial charge in [0.2, 0.25) is 0 Å². The SMILES string of the molecule is CCOc1cccc(/C=N/NC(=N)C(=N)N/N=C/c2cccc(OCC)c2O)c1O. The molecule has 30 heavy (non-hydrogen) atoms.